The molecule has 1 aliphatic carbocycles. The fourth-order valence-corrected chi connectivity index (χ4v) is 3.02. The maximum absolute atomic E-state index is 12.6. The number of carbonyl (C=O) groups is 1. The molecule has 0 radical (unpaired) electrons. The molecule has 1 fully saturated rings. The van der Waals surface area contributed by atoms with Gasteiger partial charge in [-0.1, -0.05) is 6.92 Å². The Bertz CT molecular complexity index is 945. The number of fused-ring (bicyclic) bond motifs is 3. The molecule has 0 unspecified atom stereocenters. The predicted molar refractivity (Wildman–Crippen MR) is 84.4 cm³/mol. The highest BCUT2D eigenvalue weighted by molar-refractivity contribution is 5.82. The number of nitrogens with zero attached hydrogens (tertiary/aromatic N) is 3. The molecule has 0 atom stereocenters. The van der Waals surface area contributed by atoms with Gasteiger partial charge in [0.2, 0.25) is 5.91 Å². The summed E-state index contributed by atoms with van der Waals surface area (Å²) in [5, 5.41) is 7.31. The second-order valence-corrected chi connectivity index (χ2v) is 5.96. The molecular formula is C16H18N4O3. The second-order valence-electron chi connectivity index (χ2n) is 5.96. The van der Waals surface area contributed by atoms with Crippen molar-refractivity contribution < 1.29 is 9.21 Å². The van der Waals surface area contributed by atoms with Gasteiger partial charge < -0.3 is 9.73 Å². The van der Waals surface area contributed by atoms with Crippen molar-refractivity contribution in [2.45, 2.75) is 45.2 Å². The van der Waals surface area contributed by atoms with E-state index in [-0.39, 0.29) is 24.1 Å². The largest absolute Gasteiger partial charge is 0.463 e. The lowest BCUT2D eigenvalue weighted by Crippen LogP contribution is -2.43. The number of aromatic nitrogens is 3. The summed E-state index contributed by atoms with van der Waals surface area (Å²) in [5.74, 6) is 0.568. The summed E-state index contributed by atoms with van der Waals surface area (Å²) in [6.45, 7) is 1.92. The molecular weight excluding hydrogens is 296 g/mol. The zero-order chi connectivity index (χ0) is 16.0. The Kier molecular flexibility index (Phi) is 3.21. The molecule has 1 N–H and O–H groups in total. The van der Waals surface area contributed by atoms with Crippen LogP contribution in [0.2, 0.25) is 0 Å². The fraction of sp³-hybridized carbons (Fsp3) is 0.438. The molecule has 1 amide bonds. The van der Waals surface area contributed by atoms with Crippen LogP contribution >= 0.6 is 0 Å². The lowest BCUT2D eigenvalue weighted by atomic mass is 9.93. The van der Waals surface area contributed by atoms with Gasteiger partial charge in [0.15, 0.2) is 5.58 Å². The minimum Gasteiger partial charge on any atom is -0.463 e. The van der Waals surface area contributed by atoms with Crippen molar-refractivity contribution >= 4 is 22.5 Å². The number of amides is 1. The number of furan rings is 1. The standard InChI is InChI=1S/C16H18N4O3/c1-2-14-18-19(9-15(21)17-10-4-3-5-10)16(22)12-8-13-11(20(12)14)6-7-23-13/h6-8,10H,2-5,9H2,1H3,(H,17,21). The van der Waals surface area contributed by atoms with E-state index >= 15 is 0 Å². The van der Waals surface area contributed by atoms with Crippen molar-refractivity contribution in [2.75, 3.05) is 0 Å². The molecule has 1 aliphatic rings. The molecule has 0 bridgehead atoms. The highest BCUT2D eigenvalue weighted by Gasteiger charge is 2.21. The Hall–Kier alpha value is -2.57. The van der Waals surface area contributed by atoms with Gasteiger partial charge in [-0.2, -0.15) is 5.10 Å². The molecule has 0 spiro atoms. The van der Waals surface area contributed by atoms with Gasteiger partial charge in [0.1, 0.15) is 17.9 Å². The third-order valence-corrected chi connectivity index (χ3v) is 4.45. The quantitative estimate of drug-likeness (QED) is 0.791. The van der Waals surface area contributed by atoms with Crippen molar-refractivity contribution in [2.24, 2.45) is 0 Å². The average molecular weight is 314 g/mol. The first-order valence-electron chi connectivity index (χ1n) is 7.95. The van der Waals surface area contributed by atoms with Gasteiger partial charge in [0.25, 0.3) is 5.56 Å². The first kappa shape index (κ1) is 14.0. The van der Waals surface area contributed by atoms with E-state index in [1.54, 1.807) is 12.3 Å². The van der Waals surface area contributed by atoms with E-state index in [0.717, 1.165) is 30.6 Å². The van der Waals surface area contributed by atoms with Crippen molar-refractivity contribution in [3.8, 4) is 0 Å². The summed E-state index contributed by atoms with van der Waals surface area (Å²) >= 11 is 0. The van der Waals surface area contributed by atoms with E-state index in [0.29, 0.717) is 17.5 Å². The topological polar surface area (TPSA) is 81.5 Å². The minimum atomic E-state index is -0.280. The van der Waals surface area contributed by atoms with Crippen LogP contribution < -0.4 is 10.9 Å². The molecule has 1 saturated carbocycles. The summed E-state index contributed by atoms with van der Waals surface area (Å²) in [7, 11) is 0. The van der Waals surface area contributed by atoms with Crippen LogP contribution in [0.15, 0.2) is 27.6 Å². The molecule has 7 nitrogen and oxygen atoms in total. The molecule has 3 aromatic heterocycles. The van der Waals surface area contributed by atoms with Crippen LogP contribution in [0.1, 0.15) is 32.0 Å². The van der Waals surface area contributed by atoms with Crippen LogP contribution in [-0.4, -0.2) is 26.1 Å². The third-order valence-electron chi connectivity index (χ3n) is 4.45. The molecule has 0 aliphatic heterocycles. The van der Waals surface area contributed by atoms with Crippen LogP contribution in [-0.2, 0) is 17.8 Å². The molecule has 4 rings (SSSR count). The number of aryl methyl sites for hydroxylation is 1. The Morgan fingerprint density at radius 1 is 1.43 bits per heavy atom. The maximum Gasteiger partial charge on any atom is 0.291 e. The zero-order valence-electron chi connectivity index (χ0n) is 12.9. The monoisotopic (exact) mass is 314 g/mol. The van der Waals surface area contributed by atoms with Crippen LogP contribution in [0, 0.1) is 0 Å². The number of hydrogen-bond acceptors (Lipinski definition) is 4. The van der Waals surface area contributed by atoms with E-state index in [4.69, 9.17) is 4.42 Å². The highest BCUT2D eigenvalue weighted by Crippen LogP contribution is 2.20. The summed E-state index contributed by atoms with van der Waals surface area (Å²) in [6.07, 6.45) is 5.42. The molecule has 23 heavy (non-hydrogen) atoms. The second kappa shape index (κ2) is 5.26. The van der Waals surface area contributed by atoms with Crippen molar-refractivity contribution in [1.82, 2.24) is 19.5 Å². The van der Waals surface area contributed by atoms with Gasteiger partial charge in [-0.15, -0.1) is 0 Å². The zero-order valence-corrected chi connectivity index (χ0v) is 12.9. The minimum absolute atomic E-state index is 0.0502. The lowest BCUT2D eigenvalue weighted by Gasteiger charge is -2.26. The Labute approximate surface area is 131 Å². The normalized spacial score (nSPS) is 15.2. The van der Waals surface area contributed by atoms with Crippen LogP contribution in [0.25, 0.3) is 16.6 Å². The smallest absolute Gasteiger partial charge is 0.291 e. The van der Waals surface area contributed by atoms with E-state index < -0.39 is 0 Å². The summed E-state index contributed by atoms with van der Waals surface area (Å²) < 4.78 is 8.44. The third kappa shape index (κ3) is 2.23. The molecule has 120 valence electrons. The van der Waals surface area contributed by atoms with E-state index in [1.807, 2.05) is 17.4 Å². The molecule has 0 aromatic carbocycles. The first-order chi connectivity index (χ1) is 11.2. The summed E-state index contributed by atoms with van der Waals surface area (Å²) in [5.41, 5.74) is 1.68. The van der Waals surface area contributed by atoms with Crippen molar-refractivity contribution in [1.29, 1.82) is 0 Å². The van der Waals surface area contributed by atoms with Gasteiger partial charge in [-0.05, 0) is 19.3 Å². The Morgan fingerprint density at radius 2 is 2.26 bits per heavy atom. The van der Waals surface area contributed by atoms with Crippen LogP contribution in [0.4, 0.5) is 0 Å². The van der Waals surface area contributed by atoms with Gasteiger partial charge >= 0.3 is 0 Å². The number of nitrogens with one attached hydrogen (secondary N) is 1. The van der Waals surface area contributed by atoms with Crippen LogP contribution in [0.3, 0.4) is 0 Å². The lowest BCUT2D eigenvalue weighted by molar-refractivity contribution is -0.123. The van der Waals surface area contributed by atoms with E-state index in [1.165, 1.54) is 4.68 Å². The van der Waals surface area contributed by atoms with Gasteiger partial charge in [0, 0.05) is 24.6 Å². The average Bonchev–Trinajstić information content (AvgIpc) is 3.07. The summed E-state index contributed by atoms with van der Waals surface area (Å²) in [6, 6.07) is 3.78. The molecule has 3 heterocycles. The Balaban J connectivity index is 1.76. The van der Waals surface area contributed by atoms with E-state index in [9.17, 15) is 9.59 Å². The summed E-state index contributed by atoms with van der Waals surface area (Å²) in [4.78, 5) is 24.7. The van der Waals surface area contributed by atoms with Gasteiger partial charge in [-0.25, -0.2) is 4.68 Å². The van der Waals surface area contributed by atoms with E-state index in [2.05, 4.69) is 10.4 Å². The number of carbonyl (C=O) groups excluding carboxylic acids is 1. The SMILES string of the molecule is CCc1nn(CC(=O)NC2CCC2)c(=O)c2cc3occc3n12. The van der Waals surface area contributed by atoms with Gasteiger partial charge in [-0.3, -0.25) is 14.0 Å². The molecule has 7 heteroatoms. The number of rotatable bonds is 4. The predicted octanol–water partition coefficient (Wildman–Crippen LogP) is 1.47. The fourth-order valence-electron chi connectivity index (χ4n) is 3.02. The first-order valence-corrected chi connectivity index (χ1v) is 7.95. The van der Waals surface area contributed by atoms with Gasteiger partial charge in [0.05, 0.1) is 11.8 Å². The molecule has 0 saturated heterocycles. The highest BCUT2D eigenvalue weighted by atomic mass is 16.3. The number of hydrogen-bond donors (Lipinski definition) is 1. The van der Waals surface area contributed by atoms with Crippen molar-refractivity contribution in [3.63, 3.8) is 0 Å². The van der Waals surface area contributed by atoms with Crippen molar-refractivity contribution in [3.05, 3.63) is 34.6 Å². The maximum atomic E-state index is 12.6. The molecule has 3 aromatic rings. The Morgan fingerprint density at radius 3 is 2.96 bits per heavy atom. The van der Waals surface area contributed by atoms with Crippen LogP contribution in [0.5, 0.6) is 0 Å².